The average Bonchev–Trinajstić information content (AvgIpc) is 2.97. The monoisotopic (exact) mass is 422 g/mol. The SMILES string of the molecule is O=C(Nc1cccc(SCN2C(=O)c3ccccc3C2=O)c1)c1cccc(Cl)c1. The highest BCUT2D eigenvalue weighted by molar-refractivity contribution is 7.99. The molecule has 0 saturated heterocycles. The summed E-state index contributed by atoms with van der Waals surface area (Å²) in [7, 11) is 0. The quantitative estimate of drug-likeness (QED) is 0.467. The van der Waals surface area contributed by atoms with Gasteiger partial charge in [-0.2, -0.15) is 0 Å². The van der Waals surface area contributed by atoms with E-state index in [1.54, 1.807) is 66.7 Å². The molecule has 1 aliphatic rings. The summed E-state index contributed by atoms with van der Waals surface area (Å²) in [6.45, 7) is 0. The molecule has 3 aromatic carbocycles. The van der Waals surface area contributed by atoms with Crippen molar-refractivity contribution in [2.45, 2.75) is 4.90 Å². The van der Waals surface area contributed by atoms with Crippen LogP contribution in [0.2, 0.25) is 5.02 Å². The molecule has 0 bridgehead atoms. The lowest BCUT2D eigenvalue weighted by Crippen LogP contribution is -2.29. The summed E-state index contributed by atoms with van der Waals surface area (Å²) in [5, 5.41) is 3.32. The molecule has 5 nitrogen and oxygen atoms in total. The molecule has 0 aliphatic carbocycles. The first-order valence-corrected chi connectivity index (χ1v) is 10.1. The summed E-state index contributed by atoms with van der Waals surface area (Å²) >= 11 is 7.28. The van der Waals surface area contributed by atoms with E-state index in [9.17, 15) is 14.4 Å². The number of anilines is 1. The molecule has 0 unspecified atom stereocenters. The molecule has 0 saturated carbocycles. The fourth-order valence-corrected chi connectivity index (χ4v) is 4.08. The Hall–Kier alpha value is -3.09. The third-order valence-corrected chi connectivity index (χ3v) is 5.63. The zero-order valence-electron chi connectivity index (χ0n) is 15.1. The van der Waals surface area contributed by atoms with E-state index in [1.165, 1.54) is 16.7 Å². The Balaban J connectivity index is 1.43. The van der Waals surface area contributed by atoms with Crippen LogP contribution in [-0.2, 0) is 0 Å². The number of halogens is 1. The van der Waals surface area contributed by atoms with Gasteiger partial charge in [0.15, 0.2) is 0 Å². The van der Waals surface area contributed by atoms with Gasteiger partial charge < -0.3 is 5.32 Å². The highest BCUT2D eigenvalue weighted by Crippen LogP contribution is 2.28. The number of amides is 3. The number of nitrogens with one attached hydrogen (secondary N) is 1. The minimum absolute atomic E-state index is 0.192. The van der Waals surface area contributed by atoms with Gasteiger partial charge in [-0.05, 0) is 48.5 Å². The first kappa shape index (κ1) is 19.2. The second kappa shape index (κ2) is 8.11. The first-order chi connectivity index (χ1) is 14.0. The molecule has 1 heterocycles. The number of fused-ring (bicyclic) bond motifs is 1. The maximum absolute atomic E-state index is 12.4. The normalized spacial score (nSPS) is 12.8. The summed E-state index contributed by atoms with van der Waals surface area (Å²) in [6.07, 6.45) is 0. The van der Waals surface area contributed by atoms with Crippen molar-refractivity contribution < 1.29 is 14.4 Å². The van der Waals surface area contributed by atoms with Crippen LogP contribution in [0.15, 0.2) is 77.7 Å². The molecule has 7 heteroatoms. The van der Waals surface area contributed by atoms with Crippen LogP contribution in [-0.4, -0.2) is 28.5 Å². The van der Waals surface area contributed by atoms with E-state index in [1.807, 2.05) is 6.07 Å². The second-order valence-corrected chi connectivity index (χ2v) is 7.80. The molecule has 3 amide bonds. The molecule has 1 aliphatic heterocycles. The van der Waals surface area contributed by atoms with Gasteiger partial charge in [0.2, 0.25) is 0 Å². The van der Waals surface area contributed by atoms with E-state index < -0.39 is 0 Å². The van der Waals surface area contributed by atoms with Gasteiger partial charge in [0.05, 0.1) is 17.0 Å². The standard InChI is InChI=1S/C22H15ClN2O3S/c23-15-6-3-5-14(11-15)20(26)24-16-7-4-8-17(12-16)29-13-25-21(27)18-9-1-2-10-19(18)22(25)28/h1-12H,13H2,(H,24,26). The Morgan fingerprint density at radius 3 is 2.28 bits per heavy atom. The van der Waals surface area contributed by atoms with Crippen LogP contribution in [0.25, 0.3) is 0 Å². The van der Waals surface area contributed by atoms with E-state index in [2.05, 4.69) is 5.32 Å². The Bertz CT molecular complexity index is 1100. The number of carbonyl (C=O) groups is 3. The van der Waals surface area contributed by atoms with Crippen molar-refractivity contribution in [3.8, 4) is 0 Å². The Morgan fingerprint density at radius 2 is 1.59 bits per heavy atom. The van der Waals surface area contributed by atoms with Crippen LogP contribution in [0, 0.1) is 0 Å². The van der Waals surface area contributed by atoms with Gasteiger partial charge in [-0.15, -0.1) is 11.8 Å². The smallest absolute Gasteiger partial charge is 0.262 e. The molecule has 4 rings (SSSR count). The van der Waals surface area contributed by atoms with Crippen molar-refractivity contribution in [1.82, 2.24) is 4.90 Å². The fraction of sp³-hybridized carbons (Fsp3) is 0.0455. The topological polar surface area (TPSA) is 66.5 Å². The van der Waals surface area contributed by atoms with Gasteiger partial charge in [-0.25, -0.2) is 0 Å². The average molecular weight is 423 g/mol. The van der Waals surface area contributed by atoms with E-state index in [4.69, 9.17) is 11.6 Å². The summed E-state index contributed by atoms with van der Waals surface area (Å²) < 4.78 is 0. The van der Waals surface area contributed by atoms with Crippen LogP contribution in [0.3, 0.4) is 0 Å². The van der Waals surface area contributed by atoms with Gasteiger partial charge in [0.25, 0.3) is 17.7 Å². The molecular formula is C22H15ClN2O3S. The second-order valence-electron chi connectivity index (χ2n) is 6.35. The lowest BCUT2D eigenvalue weighted by Gasteiger charge is -2.14. The van der Waals surface area contributed by atoms with Crippen LogP contribution in [0.4, 0.5) is 5.69 Å². The van der Waals surface area contributed by atoms with Crippen molar-refractivity contribution in [3.05, 3.63) is 94.5 Å². The number of hydrogen-bond acceptors (Lipinski definition) is 4. The molecule has 0 radical (unpaired) electrons. The zero-order chi connectivity index (χ0) is 20.4. The summed E-state index contributed by atoms with van der Waals surface area (Å²) in [5.74, 6) is -0.653. The molecule has 3 aromatic rings. The molecule has 0 fully saturated rings. The van der Waals surface area contributed by atoms with Gasteiger partial charge >= 0.3 is 0 Å². The summed E-state index contributed by atoms with van der Waals surface area (Å²) in [4.78, 5) is 39.3. The number of benzene rings is 3. The fourth-order valence-electron chi connectivity index (χ4n) is 2.99. The van der Waals surface area contributed by atoms with Crippen molar-refractivity contribution >= 4 is 46.8 Å². The molecule has 0 aromatic heterocycles. The van der Waals surface area contributed by atoms with Crippen molar-refractivity contribution in [3.63, 3.8) is 0 Å². The Morgan fingerprint density at radius 1 is 0.897 bits per heavy atom. The lowest BCUT2D eigenvalue weighted by atomic mass is 10.1. The van der Waals surface area contributed by atoms with Crippen molar-refractivity contribution in [2.24, 2.45) is 0 Å². The number of hydrogen-bond donors (Lipinski definition) is 1. The Labute approximate surface area is 176 Å². The highest BCUT2D eigenvalue weighted by Gasteiger charge is 2.34. The minimum Gasteiger partial charge on any atom is -0.322 e. The maximum Gasteiger partial charge on any atom is 0.262 e. The van der Waals surface area contributed by atoms with E-state index in [0.717, 1.165) is 4.90 Å². The number of rotatable bonds is 5. The van der Waals surface area contributed by atoms with E-state index in [0.29, 0.717) is 27.4 Å². The number of imide groups is 1. The zero-order valence-corrected chi connectivity index (χ0v) is 16.7. The predicted molar refractivity (Wildman–Crippen MR) is 114 cm³/mol. The van der Waals surface area contributed by atoms with Crippen molar-refractivity contribution in [1.29, 1.82) is 0 Å². The number of thioether (sulfide) groups is 1. The molecule has 0 spiro atoms. The molecule has 0 atom stereocenters. The highest BCUT2D eigenvalue weighted by atomic mass is 35.5. The maximum atomic E-state index is 12.4. The molecular weight excluding hydrogens is 408 g/mol. The van der Waals surface area contributed by atoms with Gasteiger partial charge in [0, 0.05) is 21.2 Å². The van der Waals surface area contributed by atoms with Crippen LogP contribution in [0.1, 0.15) is 31.1 Å². The lowest BCUT2D eigenvalue weighted by molar-refractivity contribution is 0.0683. The summed E-state index contributed by atoms with van der Waals surface area (Å²) in [6, 6.07) is 20.7. The Kier molecular flexibility index (Phi) is 5.38. The third-order valence-electron chi connectivity index (χ3n) is 4.42. The first-order valence-electron chi connectivity index (χ1n) is 8.78. The van der Waals surface area contributed by atoms with E-state index >= 15 is 0 Å². The minimum atomic E-state index is -0.288. The van der Waals surface area contributed by atoms with Gasteiger partial charge in [-0.3, -0.25) is 19.3 Å². The molecule has 1 N–H and O–H groups in total. The van der Waals surface area contributed by atoms with E-state index in [-0.39, 0.29) is 23.6 Å². The van der Waals surface area contributed by atoms with Crippen LogP contribution >= 0.6 is 23.4 Å². The van der Waals surface area contributed by atoms with Crippen molar-refractivity contribution in [2.75, 3.05) is 11.2 Å². The molecule has 144 valence electrons. The summed E-state index contributed by atoms with van der Waals surface area (Å²) in [5.41, 5.74) is 1.94. The van der Waals surface area contributed by atoms with Gasteiger partial charge in [-0.1, -0.05) is 35.9 Å². The van der Waals surface area contributed by atoms with Crippen LogP contribution in [0.5, 0.6) is 0 Å². The third kappa shape index (κ3) is 4.04. The number of nitrogens with zero attached hydrogens (tertiary/aromatic N) is 1. The van der Waals surface area contributed by atoms with Crippen LogP contribution < -0.4 is 5.32 Å². The molecule has 29 heavy (non-hydrogen) atoms. The number of carbonyl (C=O) groups excluding carboxylic acids is 3. The predicted octanol–water partition coefficient (Wildman–Crippen LogP) is 4.94. The van der Waals surface area contributed by atoms with Gasteiger partial charge in [0.1, 0.15) is 0 Å². The largest absolute Gasteiger partial charge is 0.322 e.